The molecule has 0 amide bonds. The number of aliphatic hydroxyl groups is 2. The number of allylic oxidation sites excluding steroid dienone is 3. The SMILES string of the molecule is CC[C@H]1OC(=O)C[C@@H](O)[C@H](C)[C@@H](O[C@@H]2O[C@@H]3OC3C(N(C)C)C2O)[C@@H](CCn2cc(-c3ccccc3)nn2)C[C@@H](C)C(=O)/C=C/C(C)=C/[C@@H]1Cn1cc(-c2ccccc2)nn1. The molecule has 2 N–H and O–H groups in total. The molecule has 5 heterocycles. The molecule has 2 aromatic carbocycles. The van der Waals surface area contributed by atoms with E-state index >= 15 is 0 Å². The van der Waals surface area contributed by atoms with Gasteiger partial charge in [0.15, 0.2) is 18.4 Å². The van der Waals surface area contributed by atoms with Crippen molar-refractivity contribution in [2.75, 3.05) is 14.1 Å². The number of benzene rings is 2. The highest BCUT2D eigenvalue weighted by atomic mass is 16.8. The molecule has 2 saturated heterocycles. The van der Waals surface area contributed by atoms with Gasteiger partial charge in [0.1, 0.15) is 29.7 Å². The lowest BCUT2D eigenvalue weighted by Crippen LogP contribution is -2.56. The first kappa shape index (κ1) is 44.2. The van der Waals surface area contributed by atoms with Crippen molar-refractivity contribution in [3.05, 3.63) is 96.9 Å². The lowest BCUT2D eigenvalue weighted by atomic mass is 9.79. The quantitative estimate of drug-likeness (QED) is 0.151. The van der Waals surface area contributed by atoms with Crippen molar-refractivity contribution in [2.24, 2.45) is 23.7 Å². The molecule has 12 atom stereocenters. The molecule has 0 radical (unpaired) electrons. The van der Waals surface area contributed by atoms with Crippen LogP contribution in [0.3, 0.4) is 0 Å². The zero-order valence-corrected chi connectivity index (χ0v) is 35.8. The molecule has 4 aromatic rings. The van der Waals surface area contributed by atoms with Gasteiger partial charge in [0.05, 0.1) is 43.6 Å². The first-order valence-electron chi connectivity index (χ1n) is 21.4. The summed E-state index contributed by atoms with van der Waals surface area (Å²) in [6.07, 6.45) is 4.59. The predicted octanol–water partition coefficient (Wildman–Crippen LogP) is 5.10. The number of epoxide rings is 1. The monoisotopic (exact) mass is 837 g/mol. The summed E-state index contributed by atoms with van der Waals surface area (Å²) in [6, 6.07) is 19.1. The Hall–Kier alpha value is -4.90. The second kappa shape index (κ2) is 19.9. The standard InChI is InChI=1S/C46H59N7O8/c1-7-39-34(25-53-27-36(48-50-53)32-16-12-9-13-17-32)22-28(2)18-19-37(54)29(3)23-33(20-21-52-26-35(47-49-52)31-14-10-8-11-15-31)43(30(4)38(55)24-40(56)58-39)59-45-42(57)41(51(5)6)44-46(60-44)61-45/h8-19,22,26-27,29-30,33-34,38-39,41-46,55,57H,7,20-21,23-25H2,1-6H3/b19-18+,28-22+/t29-,30+,33+,34-,38-,39-,41?,42?,43-,44?,45-,46+/m1/s1. The molecular weight excluding hydrogens is 779 g/mol. The number of carbonyl (C=O) groups excluding carboxylic acids is 2. The average Bonchev–Trinajstić information content (AvgIpc) is 3.59. The van der Waals surface area contributed by atoms with Crippen LogP contribution in [-0.2, 0) is 41.6 Å². The molecule has 326 valence electrons. The van der Waals surface area contributed by atoms with Crippen LogP contribution in [0.1, 0.15) is 53.4 Å². The van der Waals surface area contributed by atoms with Crippen LogP contribution in [0.15, 0.2) is 96.9 Å². The third kappa shape index (κ3) is 11.0. The van der Waals surface area contributed by atoms with Gasteiger partial charge in [-0.2, -0.15) is 0 Å². The van der Waals surface area contributed by atoms with E-state index in [2.05, 4.69) is 20.6 Å². The van der Waals surface area contributed by atoms with Gasteiger partial charge >= 0.3 is 5.97 Å². The smallest absolute Gasteiger partial charge is 0.308 e. The maximum atomic E-state index is 14.0. The second-order valence-electron chi connectivity index (χ2n) is 17.0. The average molecular weight is 838 g/mol. The van der Waals surface area contributed by atoms with Gasteiger partial charge in [-0.1, -0.05) is 110 Å². The molecule has 61 heavy (non-hydrogen) atoms. The molecule has 0 saturated carbocycles. The van der Waals surface area contributed by atoms with E-state index in [4.69, 9.17) is 18.9 Å². The summed E-state index contributed by atoms with van der Waals surface area (Å²) in [4.78, 5) is 29.7. The second-order valence-corrected chi connectivity index (χ2v) is 17.0. The van der Waals surface area contributed by atoms with Crippen LogP contribution in [0.2, 0.25) is 0 Å². The molecule has 0 spiro atoms. The van der Waals surface area contributed by atoms with Crippen molar-refractivity contribution in [3.8, 4) is 22.5 Å². The number of hydrogen-bond donors (Lipinski definition) is 2. The van der Waals surface area contributed by atoms with E-state index in [1.807, 2.05) is 126 Å². The lowest BCUT2D eigenvalue weighted by Gasteiger charge is -2.41. The Morgan fingerprint density at radius 1 is 0.885 bits per heavy atom. The summed E-state index contributed by atoms with van der Waals surface area (Å²) in [5.41, 5.74) is 4.14. The number of aliphatic hydroxyl groups excluding tert-OH is 2. The summed E-state index contributed by atoms with van der Waals surface area (Å²) < 4.78 is 28.3. The largest absolute Gasteiger partial charge is 0.462 e. The number of rotatable bonds is 11. The minimum absolute atomic E-state index is 0.0708. The fourth-order valence-corrected chi connectivity index (χ4v) is 8.65. The fourth-order valence-electron chi connectivity index (χ4n) is 8.65. The molecule has 2 fully saturated rings. The zero-order chi connectivity index (χ0) is 43.2. The zero-order valence-electron chi connectivity index (χ0n) is 35.8. The van der Waals surface area contributed by atoms with Crippen LogP contribution in [0, 0.1) is 23.7 Å². The fraction of sp³-hybridized carbons (Fsp3) is 0.522. The molecule has 2 aromatic heterocycles. The summed E-state index contributed by atoms with van der Waals surface area (Å²) >= 11 is 0. The normalized spacial score (nSPS) is 32.8. The van der Waals surface area contributed by atoms with Crippen LogP contribution in [0.5, 0.6) is 0 Å². The highest BCUT2D eigenvalue weighted by Gasteiger charge is 2.58. The number of aryl methyl sites for hydroxylation is 1. The number of aromatic nitrogens is 6. The molecule has 3 aliphatic heterocycles. The number of fused-ring (bicyclic) bond motifs is 1. The van der Waals surface area contributed by atoms with Gasteiger partial charge in [0.2, 0.25) is 0 Å². The predicted molar refractivity (Wildman–Crippen MR) is 226 cm³/mol. The number of esters is 1. The van der Waals surface area contributed by atoms with E-state index in [-0.39, 0.29) is 30.1 Å². The number of hydrogen-bond acceptors (Lipinski definition) is 13. The topological polar surface area (TPSA) is 179 Å². The number of ketones is 1. The molecule has 7 rings (SSSR count). The Kier molecular flexibility index (Phi) is 14.4. The van der Waals surface area contributed by atoms with Crippen molar-refractivity contribution in [1.82, 2.24) is 34.9 Å². The first-order chi connectivity index (χ1) is 29.4. The Morgan fingerprint density at radius 3 is 2.16 bits per heavy atom. The van der Waals surface area contributed by atoms with Crippen molar-refractivity contribution >= 4 is 11.8 Å². The Morgan fingerprint density at radius 2 is 1.52 bits per heavy atom. The van der Waals surface area contributed by atoms with Crippen LogP contribution < -0.4 is 0 Å². The molecular formula is C46H59N7O8. The van der Waals surface area contributed by atoms with Gasteiger partial charge in [-0.15, -0.1) is 10.2 Å². The number of carbonyl (C=O) groups is 2. The highest BCUT2D eigenvalue weighted by Crippen LogP contribution is 2.40. The van der Waals surface area contributed by atoms with E-state index in [1.165, 1.54) is 0 Å². The summed E-state index contributed by atoms with van der Waals surface area (Å²) in [5.74, 6) is -2.45. The van der Waals surface area contributed by atoms with Crippen molar-refractivity contribution in [2.45, 2.75) is 116 Å². The van der Waals surface area contributed by atoms with Gasteiger partial charge in [-0.05, 0) is 52.3 Å². The number of cyclic esters (lactones) is 1. The van der Waals surface area contributed by atoms with Crippen LogP contribution in [-0.4, -0.2) is 120 Å². The van der Waals surface area contributed by atoms with Gasteiger partial charge in [-0.25, -0.2) is 0 Å². The minimum Gasteiger partial charge on any atom is -0.462 e. The van der Waals surface area contributed by atoms with E-state index in [0.717, 1.165) is 28.1 Å². The van der Waals surface area contributed by atoms with Crippen LogP contribution in [0.4, 0.5) is 0 Å². The van der Waals surface area contributed by atoms with Gasteiger partial charge < -0.3 is 34.1 Å². The van der Waals surface area contributed by atoms with Crippen LogP contribution in [0.25, 0.3) is 22.5 Å². The summed E-state index contributed by atoms with van der Waals surface area (Å²) in [7, 11) is 3.73. The maximum absolute atomic E-state index is 14.0. The minimum atomic E-state index is -1.21. The number of likely N-dealkylation sites (N-methyl/N-ethyl adjacent to an activating group) is 1. The molecule has 15 heteroatoms. The first-order valence-corrected chi connectivity index (χ1v) is 21.4. The van der Waals surface area contributed by atoms with E-state index < -0.39 is 60.8 Å². The molecule has 3 aliphatic rings. The summed E-state index contributed by atoms with van der Waals surface area (Å²) in [6.45, 7) is 8.36. The van der Waals surface area contributed by atoms with Crippen LogP contribution >= 0.6 is 0 Å². The molecule has 15 nitrogen and oxygen atoms in total. The van der Waals surface area contributed by atoms with Crippen molar-refractivity contribution in [1.29, 1.82) is 0 Å². The van der Waals surface area contributed by atoms with Crippen molar-refractivity contribution < 1.29 is 38.7 Å². The Bertz CT molecular complexity index is 2120. The molecule has 0 aliphatic carbocycles. The summed E-state index contributed by atoms with van der Waals surface area (Å²) in [5, 5.41) is 41.1. The highest BCUT2D eigenvalue weighted by molar-refractivity contribution is 5.91. The molecule has 0 bridgehead atoms. The van der Waals surface area contributed by atoms with E-state index in [9.17, 15) is 19.8 Å². The van der Waals surface area contributed by atoms with Crippen molar-refractivity contribution in [3.63, 3.8) is 0 Å². The lowest BCUT2D eigenvalue weighted by molar-refractivity contribution is -0.269. The number of ether oxygens (including phenoxy) is 4. The Labute approximate surface area is 357 Å². The van der Waals surface area contributed by atoms with Gasteiger partial charge in [0, 0.05) is 35.4 Å². The maximum Gasteiger partial charge on any atom is 0.308 e. The third-order valence-electron chi connectivity index (χ3n) is 12.2. The number of nitrogens with zero attached hydrogens (tertiary/aromatic N) is 7. The Balaban J connectivity index is 1.18. The van der Waals surface area contributed by atoms with Gasteiger partial charge in [-0.3, -0.25) is 19.0 Å². The third-order valence-corrected chi connectivity index (χ3v) is 12.2. The molecule has 3 unspecified atom stereocenters. The van der Waals surface area contributed by atoms with E-state index in [1.54, 1.807) is 21.5 Å². The van der Waals surface area contributed by atoms with Gasteiger partial charge in [0.25, 0.3) is 0 Å². The van der Waals surface area contributed by atoms with E-state index in [0.29, 0.717) is 32.4 Å².